The summed E-state index contributed by atoms with van der Waals surface area (Å²) in [6.45, 7) is 0.0924. The van der Waals surface area contributed by atoms with Crippen molar-refractivity contribution in [2.75, 3.05) is 25.6 Å². The van der Waals surface area contributed by atoms with E-state index < -0.39 is 0 Å². The first-order chi connectivity index (χ1) is 11.6. The van der Waals surface area contributed by atoms with Crippen LogP contribution in [0.15, 0.2) is 35.8 Å². The quantitative estimate of drug-likeness (QED) is 0.845. The minimum Gasteiger partial charge on any atom is -0.396 e. The highest BCUT2D eigenvalue weighted by Gasteiger charge is 2.45. The number of nitrogens with one attached hydrogen (secondary N) is 1. The average molecular weight is 345 g/mol. The fourth-order valence-corrected chi connectivity index (χ4v) is 4.09. The van der Waals surface area contributed by atoms with Gasteiger partial charge in [-0.3, -0.25) is 4.79 Å². The monoisotopic (exact) mass is 345 g/mol. The van der Waals surface area contributed by atoms with Crippen LogP contribution in [-0.2, 0) is 0 Å². The molecule has 0 saturated heterocycles. The lowest BCUT2D eigenvalue weighted by Gasteiger charge is -2.46. The van der Waals surface area contributed by atoms with Crippen LogP contribution >= 0.6 is 11.3 Å². The molecule has 1 amide bonds. The molecule has 2 aromatic rings. The number of aliphatic hydroxyl groups is 1. The standard InChI is InChI=1S/C18H23N3O2S/c1-21(2)15-11-13(6-9-19-15)17(23)20-16(14-5-3-10-24-14)18(12-22)7-4-8-18/h3,5-6,9-11,16,22H,4,7-8,12H2,1-2H3,(H,20,23). The van der Waals surface area contributed by atoms with Crippen LogP contribution in [0.2, 0.25) is 0 Å². The predicted octanol–water partition coefficient (Wildman–Crippen LogP) is 2.84. The van der Waals surface area contributed by atoms with Gasteiger partial charge in [-0.1, -0.05) is 12.5 Å². The van der Waals surface area contributed by atoms with Gasteiger partial charge in [0.15, 0.2) is 0 Å². The van der Waals surface area contributed by atoms with E-state index in [1.54, 1.807) is 29.7 Å². The van der Waals surface area contributed by atoms with Crippen LogP contribution in [0.3, 0.4) is 0 Å². The molecule has 5 nitrogen and oxygen atoms in total. The van der Waals surface area contributed by atoms with E-state index in [9.17, 15) is 9.90 Å². The summed E-state index contributed by atoms with van der Waals surface area (Å²) >= 11 is 1.62. The Morgan fingerprint density at radius 2 is 2.25 bits per heavy atom. The van der Waals surface area contributed by atoms with Crippen molar-refractivity contribution in [3.63, 3.8) is 0 Å². The van der Waals surface area contributed by atoms with Crippen molar-refractivity contribution in [2.24, 2.45) is 5.41 Å². The largest absolute Gasteiger partial charge is 0.396 e. The van der Waals surface area contributed by atoms with Crippen LogP contribution in [0.5, 0.6) is 0 Å². The molecule has 1 atom stereocenters. The number of hydrogen-bond donors (Lipinski definition) is 2. The maximum Gasteiger partial charge on any atom is 0.252 e. The highest BCUT2D eigenvalue weighted by Crippen LogP contribution is 2.50. The minimum absolute atomic E-state index is 0.0924. The highest BCUT2D eigenvalue weighted by atomic mass is 32.1. The lowest BCUT2D eigenvalue weighted by molar-refractivity contribution is 0.00711. The first-order valence-corrected chi connectivity index (χ1v) is 9.02. The van der Waals surface area contributed by atoms with E-state index >= 15 is 0 Å². The van der Waals surface area contributed by atoms with E-state index in [0.29, 0.717) is 5.56 Å². The van der Waals surface area contributed by atoms with Crippen molar-refractivity contribution in [1.29, 1.82) is 0 Å². The smallest absolute Gasteiger partial charge is 0.252 e. The Morgan fingerprint density at radius 1 is 1.46 bits per heavy atom. The van der Waals surface area contributed by atoms with Gasteiger partial charge in [-0.05, 0) is 36.4 Å². The number of hydrogen-bond acceptors (Lipinski definition) is 5. The third-order valence-corrected chi connectivity index (χ3v) is 5.78. The third kappa shape index (κ3) is 3.16. The number of aromatic nitrogens is 1. The fraction of sp³-hybridized carbons (Fsp3) is 0.444. The minimum atomic E-state index is -0.238. The molecule has 0 spiro atoms. The van der Waals surface area contributed by atoms with Gasteiger partial charge in [0.05, 0.1) is 12.6 Å². The van der Waals surface area contributed by atoms with Crippen molar-refractivity contribution >= 4 is 23.1 Å². The number of anilines is 1. The number of rotatable bonds is 6. The molecule has 0 aromatic carbocycles. The van der Waals surface area contributed by atoms with Crippen molar-refractivity contribution in [2.45, 2.75) is 25.3 Å². The summed E-state index contributed by atoms with van der Waals surface area (Å²) in [5.74, 6) is 0.620. The Labute approximate surface area is 146 Å². The van der Waals surface area contributed by atoms with Crippen LogP contribution in [-0.4, -0.2) is 36.7 Å². The first kappa shape index (κ1) is 16.9. The maximum absolute atomic E-state index is 12.8. The Balaban J connectivity index is 1.85. The number of carbonyl (C=O) groups is 1. The van der Waals surface area contributed by atoms with Gasteiger partial charge in [-0.2, -0.15) is 0 Å². The molecular weight excluding hydrogens is 322 g/mol. The molecule has 1 aliphatic carbocycles. The number of pyridine rings is 1. The lowest BCUT2D eigenvalue weighted by atomic mass is 9.64. The number of thiophene rings is 1. The Hall–Kier alpha value is -1.92. The SMILES string of the molecule is CN(C)c1cc(C(=O)NC(c2cccs2)C2(CO)CCC2)ccn1. The lowest BCUT2D eigenvalue weighted by Crippen LogP contribution is -2.47. The molecule has 2 aromatic heterocycles. The molecule has 2 heterocycles. The van der Waals surface area contributed by atoms with Crippen LogP contribution in [0, 0.1) is 5.41 Å². The summed E-state index contributed by atoms with van der Waals surface area (Å²) < 4.78 is 0. The molecule has 0 bridgehead atoms. The number of carbonyl (C=O) groups excluding carboxylic acids is 1. The van der Waals surface area contributed by atoms with Crippen molar-refractivity contribution in [1.82, 2.24) is 10.3 Å². The molecule has 0 aliphatic heterocycles. The molecule has 3 rings (SSSR count). The molecule has 6 heteroatoms. The molecule has 1 aliphatic rings. The second kappa shape index (κ2) is 6.91. The van der Waals surface area contributed by atoms with Crippen LogP contribution < -0.4 is 10.2 Å². The molecule has 128 valence electrons. The van der Waals surface area contributed by atoms with E-state index in [-0.39, 0.29) is 24.0 Å². The zero-order valence-electron chi connectivity index (χ0n) is 14.0. The Morgan fingerprint density at radius 3 is 2.79 bits per heavy atom. The summed E-state index contributed by atoms with van der Waals surface area (Å²) in [6, 6.07) is 7.37. The topological polar surface area (TPSA) is 65.5 Å². The van der Waals surface area contributed by atoms with Gasteiger partial charge in [-0.15, -0.1) is 11.3 Å². The van der Waals surface area contributed by atoms with Gasteiger partial charge in [0.1, 0.15) is 5.82 Å². The van der Waals surface area contributed by atoms with E-state index in [1.807, 2.05) is 36.5 Å². The molecule has 1 fully saturated rings. The fourth-order valence-electron chi connectivity index (χ4n) is 3.17. The second-order valence-electron chi connectivity index (χ2n) is 6.59. The molecule has 1 unspecified atom stereocenters. The van der Waals surface area contributed by atoms with Gasteiger partial charge in [0.25, 0.3) is 5.91 Å². The van der Waals surface area contributed by atoms with Crippen LogP contribution in [0.25, 0.3) is 0 Å². The summed E-state index contributed by atoms with van der Waals surface area (Å²) in [5.41, 5.74) is 0.348. The molecule has 24 heavy (non-hydrogen) atoms. The zero-order valence-corrected chi connectivity index (χ0v) is 14.8. The summed E-state index contributed by atoms with van der Waals surface area (Å²) in [5, 5.41) is 15.1. The normalized spacial score (nSPS) is 17.0. The van der Waals surface area contributed by atoms with E-state index in [0.717, 1.165) is 30.0 Å². The van der Waals surface area contributed by atoms with Gasteiger partial charge in [-0.25, -0.2) is 4.98 Å². The van der Waals surface area contributed by atoms with Crippen molar-refractivity contribution in [3.8, 4) is 0 Å². The second-order valence-corrected chi connectivity index (χ2v) is 7.57. The highest BCUT2D eigenvalue weighted by molar-refractivity contribution is 7.10. The van der Waals surface area contributed by atoms with Crippen LogP contribution in [0.1, 0.15) is 40.5 Å². The van der Waals surface area contributed by atoms with E-state index in [1.165, 1.54) is 0 Å². The average Bonchev–Trinajstić information content (AvgIpc) is 3.07. The molecule has 1 saturated carbocycles. The van der Waals surface area contributed by atoms with Gasteiger partial charge < -0.3 is 15.3 Å². The van der Waals surface area contributed by atoms with Crippen LogP contribution in [0.4, 0.5) is 5.82 Å². The summed E-state index contributed by atoms with van der Waals surface area (Å²) in [6.07, 6.45) is 4.62. The van der Waals surface area contributed by atoms with Gasteiger partial charge in [0.2, 0.25) is 0 Å². The zero-order chi connectivity index (χ0) is 17.2. The number of aliphatic hydroxyl groups excluding tert-OH is 1. The van der Waals surface area contributed by atoms with Gasteiger partial charge in [0, 0.05) is 36.1 Å². The molecular formula is C18H23N3O2S. The van der Waals surface area contributed by atoms with Crippen molar-refractivity contribution in [3.05, 3.63) is 46.3 Å². The summed E-state index contributed by atoms with van der Waals surface area (Å²) in [7, 11) is 3.79. The first-order valence-electron chi connectivity index (χ1n) is 8.14. The predicted molar refractivity (Wildman–Crippen MR) is 96.5 cm³/mol. The summed E-state index contributed by atoms with van der Waals surface area (Å²) in [4.78, 5) is 20.0. The van der Waals surface area contributed by atoms with Crippen molar-refractivity contribution < 1.29 is 9.90 Å². The molecule has 0 radical (unpaired) electrons. The van der Waals surface area contributed by atoms with Gasteiger partial charge >= 0.3 is 0 Å². The molecule has 2 N–H and O–H groups in total. The Bertz CT molecular complexity index is 691. The van der Waals surface area contributed by atoms with E-state index in [2.05, 4.69) is 10.3 Å². The Kier molecular flexibility index (Phi) is 4.87. The van der Waals surface area contributed by atoms with E-state index in [4.69, 9.17) is 0 Å². The third-order valence-electron chi connectivity index (χ3n) is 4.85. The number of amides is 1. The maximum atomic E-state index is 12.8. The number of nitrogens with zero attached hydrogens (tertiary/aromatic N) is 2.